The zero-order chi connectivity index (χ0) is 22.5. The molecule has 4 rings (SSSR count). The van der Waals surface area contributed by atoms with Crippen molar-refractivity contribution in [3.63, 3.8) is 0 Å². The maximum absolute atomic E-state index is 4.74. The fourth-order valence-electron chi connectivity index (χ4n) is 3.93. The molecule has 166 valence electrons. The Bertz CT molecular complexity index is 1240. The van der Waals surface area contributed by atoms with E-state index in [0.717, 1.165) is 53.5 Å². The van der Waals surface area contributed by atoms with Crippen LogP contribution >= 0.6 is 0 Å². The molecule has 0 fully saturated rings. The van der Waals surface area contributed by atoms with Gasteiger partial charge >= 0.3 is 0 Å². The summed E-state index contributed by atoms with van der Waals surface area (Å²) in [4.78, 5) is 15.8. The molecule has 2 aromatic heterocycles. The van der Waals surface area contributed by atoms with E-state index in [1.807, 2.05) is 31.1 Å². The summed E-state index contributed by atoms with van der Waals surface area (Å²) >= 11 is 0. The molecule has 0 saturated carbocycles. The molecule has 0 saturated heterocycles. The Morgan fingerprint density at radius 2 is 1.75 bits per heavy atom. The average molecular weight is 430 g/mol. The minimum atomic E-state index is 0.675. The van der Waals surface area contributed by atoms with Crippen LogP contribution in [-0.4, -0.2) is 48.2 Å². The first-order chi connectivity index (χ1) is 15.6. The summed E-state index contributed by atoms with van der Waals surface area (Å²) < 4.78 is 2.28. The molecule has 0 atom stereocenters. The molecule has 4 aromatic rings. The van der Waals surface area contributed by atoms with E-state index in [1.54, 1.807) is 7.05 Å². The van der Waals surface area contributed by atoms with Crippen LogP contribution < -0.4 is 15.5 Å². The van der Waals surface area contributed by atoms with E-state index in [1.165, 1.54) is 11.1 Å². The standard InChI is InChI=1S/C25H31N7/c1-18-29-22-12-7-8-13-23(22)32(18)15-9-14-27-25(26-2)28-17-19-16-24(31(3)4)30-21-11-6-5-10-20(19)21/h5-8,10-13,16H,9,14-15,17H2,1-4H3,(H2,26,27,28). The molecule has 7 heteroatoms. The minimum absolute atomic E-state index is 0.675. The SMILES string of the molecule is CN=C(NCCCn1c(C)nc2ccccc21)NCc1cc(N(C)C)nc2ccccc12. The maximum Gasteiger partial charge on any atom is 0.191 e. The molecule has 0 aliphatic heterocycles. The van der Waals surface area contributed by atoms with Crippen molar-refractivity contribution in [1.29, 1.82) is 0 Å². The van der Waals surface area contributed by atoms with Gasteiger partial charge in [-0.15, -0.1) is 0 Å². The highest BCUT2D eigenvalue weighted by Gasteiger charge is 2.09. The van der Waals surface area contributed by atoms with Gasteiger partial charge in [-0.1, -0.05) is 30.3 Å². The first-order valence-corrected chi connectivity index (χ1v) is 11.0. The Morgan fingerprint density at radius 3 is 2.53 bits per heavy atom. The second kappa shape index (κ2) is 9.68. The van der Waals surface area contributed by atoms with Gasteiger partial charge in [0.15, 0.2) is 5.96 Å². The van der Waals surface area contributed by atoms with Crippen LogP contribution in [-0.2, 0) is 13.1 Å². The highest BCUT2D eigenvalue weighted by Crippen LogP contribution is 2.22. The number of rotatable bonds is 7. The molecule has 0 radical (unpaired) electrons. The highest BCUT2D eigenvalue weighted by molar-refractivity contribution is 5.85. The molecule has 0 bridgehead atoms. The molecule has 0 aliphatic carbocycles. The van der Waals surface area contributed by atoms with E-state index in [4.69, 9.17) is 4.98 Å². The van der Waals surface area contributed by atoms with Gasteiger partial charge in [-0.2, -0.15) is 0 Å². The van der Waals surface area contributed by atoms with Gasteiger partial charge in [0, 0.05) is 46.2 Å². The van der Waals surface area contributed by atoms with E-state index in [2.05, 4.69) is 74.6 Å². The smallest absolute Gasteiger partial charge is 0.191 e. The molecule has 32 heavy (non-hydrogen) atoms. The lowest BCUT2D eigenvalue weighted by molar-refractivity contribution is 0.624. The Hall–Kier alpha value is -3.61. The number of guanidine groups is 1. The average Bonchev–Trinajstić information content (AvgIpc) is 3.13. The topological polar surface area (TPSA) is 70.4 Å². The van der Waals surface area contributed by atoms with Gasteiger partial charge in [-0.25, -0.2) is 9.97 Å². The van der Waals surface area contributed by atoms with Crippen LogP contribution in [0.5, 0.6) is 0 Å². The van der Waals surface area contributed by atoms with E-state index >= 15 is 0 Å². The van der Waals surface area contributed by atoms with Crippen molar-refractivity contribution in [3.05, 3.63) is 66.0 Å². The van der Waals surface area contributed by atoms with Gasteiger partial charge in [-0.05, 0) is 43.2 Å². The second-order valence-corrected chi connectivity index (χ2v) is 8.06. The number of anilines is 1. The fourth-order valence-corrected chi connectivity index (χ4v) is 3.93. The number of imidazole rings is 1. The number of fused-ring (bicyclic) bond motifs is 2. The fraction of sp³-hybridized carbons (Fsp3) is 0.320. The monoisotopic (exact) mass is 429 g/mol. The molecular weight excluding hydrogens is 398 g/mol. The van der Waals surface area contributed by atoms with Gasteiger partial charge in [0.1, 0.15) is 11.6 Å². The number of pyridine rings is 1. The summed E-state index contributed by atoms with van der Waals surface area (Å²) in [6.07, 6.45) is 0.977. The zero-order valence-corrected chi connectivity index (χ0v) is 19.3. The molecule has 2 heterocycles. The Morgan fingerprint density at radius 1 is 1.00 bits per heavy atom. The highest BCUT2D eigenvalue weighted by atomic mass is 15.2. The molecule has 0 unspecified atom stereocenters. The number of hydrogen-bond acceptors (Lipinski definition) is 4. The van der Waals surface area contributed by atoms with Gasteiger partial charge in [0.25, 0.3) is 0 Å². The van der Waals surface area contributed by atoms with Gasteiger partial charge < -0.3 is 20.1 Å². The Balaban J connectivity index is 1.36. The lowest BCUT2D eigenvalue weighted by atomic mass is 10.1. The number of benzene rings is 2. The van der Waals surface area contributed by atoms with E-state index in [-0.39, 0.29) is 0 Å². The van der Waals surface area contributed by atoms with Crippen LogP contribution in [0.15, 0.2) is 59.6 Å². The molecule has 0 amide bonds. The van der Waals surface area contributed by atoms with E-state index in [9.17, 15) is 0 Å². The normalized spacial score (nSPS) is 11.8. The van der Waals surface area contributed by atoms with Crippen molar-refractivity contribution >= 4 is 33.7 Å². The lowest BCUT2D eigenvalue weighted by Gasteiger charge is -2.17. The van der Waals surface area contributed by atoms with Crippen molar-refractivity contribution in [2.24, 2.45) is 4.99 Å². The number of hydrogen-bond donors (Lipinski definition) is 2. The quantitative estimate of drug-likeness (QED) is 0.266. The summed E-state index contributed by atoms with van der Waals surface area (Å²) in [6.45, 7) is 4.48. The van der Waals surface area contributed by atoms with Crippen LogP contribution in [0.1, 0.15) is 17.8 Å². The van der Waals surface area contributed by atoms with Crippen LogP contribution in [0, 0.1) is 6.92 Å². The van der Waals surface area contributed by atoms with Crippen molar-refractivity contribution < 1.29 is 0 Å². The maximum atomic E-state index is 4.74. The molecule has 7 nitrogen and oxygen atoms in total. The summed E-state index contributed by atoms with van der Waals surface area (Å²) in [5.41, 5.74) is 4.44. The predicted octanol–water partition coefficient (Wildman–Crippen LogP) is 3.71. The summed E-state index contributed by atoms with van der Waals surface area (Å²) in [5, 5.41) is 8.04. The van der Waals surface area contributed by atoms with Crippen LogP contribution in [0.2, 0.25) is 0 Å². The third-order valence-corrected chi connectivity index (χ3v) is 5.61. The Kier molecular flexibility index (Phi) is 6.54. The van der Waals surface area contributed by atoms with E-state index in [0.29, 0.717) is 6.54 Å². The Labute approximate surface area is 189 Å². The second-order valence-electron chi connectivity index (χ2n) is 8.06. The van der Waals surface area contributed by atoms with Crippen LogP contribution in [0.4, 0.5) is 5.82 Å². The van der Waals surface area contributed by atoms with Gasteiger partial charge in [-0.3, -0.25) is 4.99 Å². The zero-order valence-electron chi connectivity index (χ0n) is 19.3. The van der Waals surface area contributed by atoms with Crippen molar-refractivity contribution in [3.8, 4) is 0 Å². The minimum Gasteiger partial charge on any atom is -0.363 e. The number of para-hydroxylation sites is 3. The molecule has 0 spiro atoms. The van der Waals surface area contributed by atoms with Crippen molar-refractivity contribution in [1.82, 2.24) is 25.2 Å². The first-order valence-electron chi connectivity index (χ1n) is 11.0. The summed E-state index contributed by atoms with van der Waals surface area (Å²) in [6, 6.07) is 18.7. The number of aromatic nitrogens is 3. The number of nitrogens with one attached hydrogen (secondary N) is 2. The van der Waals surface area contributed by atoms with Crippen LogP contribution in [0.3, 0.4) is 0 Å². The lowest BCUT2D eigenvalue weighted by Crippen LogP contribution is -2.37. The number of aryl methyl sites for hydroxylation is 2. The third-order valence-electron chi connectivity index (χ3n) is 5.61. The molecular formula is C25H31N7. The summed E-state index contributed by atoms with van der Waals surface area (Å²) in [5.74, 6) is 2.80. The van der Waals surface area contributed by atoms with Crippen molar-refractivity contribution in [2.45, 2.75) is 26.4 Å². The third kappa shape index (κ3) is 4.66. The molecule has 2 aromatic carbocycles. The number of aliphatic imine (C=N–C) groups is 1. The first kappa shape index (κ1) is 21.6. The summed E-state index contributed by atoms with van der Waals surface area (Å²) in [7, 11) is 5.83. The largest absolute Gasteiger partial charge is 0.363 e. The molecule has 2 N–H and O–H groups in total. The van der Waals surface area contributed by atoms with Gasteiger partial charge in [0.05, 0.1) is 16.6 Å². The van der Waals surface area contributed by atoms with E-state index < -0.39 is 0 Å². The number of nitrogens with zero attached hydrogens (tertiary/aromatic N) is 5. The van der Waals surface area contributed by atoms with Gasteiger partial charge in [0.2, 0.25) is 0 Å². The predicted molar refractivity (Wildman–Crippen MR) is 133 cm³/mol. The molecule has 0 aliphatic rings. The van der Waals surface area contributed by atoms with Crippen LogP contribution in [0.25, 0.3) is 21.9 Å². The van der Waals surface area contributed by atoms with Crippen molar-refractivity contribution in [2.75, 3.05) is 32.6 Å².